The van der Waals surface area contributed by atoms with Crippen molar-refractivity contribution in [1.82, 2.24) is 0 Å². The number of benzene rings is 3. The second-order valence-corrected chi connectivity index (χ2v) is 7.26. The molecule has 0 amide bonds. The number of nitrogens with two attached hydrogens (primary N) is 1. The van der Waals surface area contributed by atoms with Crippen molar-refractivity contribution in [3.05, 3.63) is 106 Å². The molecule has 1 aliphatic carbocycles. The minimum absolute atomic E-state index is 0.146. The number of carbonyl (C=O) groups excluding carboxylic acids is 3. The average Bonchev–Trinajstić information content (AvgIpc) is 2.81. The highest BCUT2D eigenvalue weighted by Gasteiger charge is 2.46. The molecule has 1 heterocycles. The van der Waals surface area contributed by atoms with Crippen LogP contribution in [0.5, 0.6) is 0 Å². The average molecular weight is 406 g/mol. The van der Waals surface area contributed by atoms with E-state index in [1.54, 1.807) is 36.4 Å². The Bertz CT molecular complexity index is 1430. The molecule has 2 aliphatic rings. The molecule has 2 N–H and O–H groups in total. The third kappa shape index (κ3) is 2.61. The Hall–Kier alpha value is -4.50. The number of fused-ring (bicyclic) bond motifs is 2. The van der Waals surface area contributed by atoms with Crippen LogP contribution in [0.1, 0.15) is 31.1 Å². The van der Waals surface area contributed by atoms with Gasteiger partial charge in [0.05, 0.1) is 11.5 Å². The highest BCUT2D eigenvalue weighted by Crippen LogP contribution is 2.41. The van der Waals surface area contributed by atoms with Gasteiger partial charge in [-0.2, -0.15) is 5.26 Å². The lowest BCUT2D eigenvalue weighted by atomic mass is 9.75. The summed E-state index contributed by atoms with van der Waals surface area (Å²) in [5.41, 5.74) is 6.28. The van der Waals surface area contributed by atoms with E-state index in [1.807, 2.05) is 24.3 Å². The lowest BCUT2D eigenvalue weighted by molar-refractivity contribution is 0.0854. The topological polar surface area (TPSA) is 110 Å². The molecule has 3 aromatic rings. The van der Waals surface area contributed by atoms with Crippen molar-refractivity contribution in [3.63, 3.8) is 0 Å². The number of hydrogen-bond acceptors (Lipinski definition) is 6. The lowest BCUT2D eigenvalue weighted by Gasteiger charge is -2.30. The summed E-state index contributed by atoms with van der Waals surface area (Å²) in [4.78, 5) is 40.2. The van der Waals surface area contributed by atoms with Crippen molar-refractivity contribution in [3.8, 4) is 6.07 Å². The fraction of sp³-hybridized carbons (Fsp3) is 0.0400. The van der Waals surface area contributed by atoms with E-state index in [1.165, 1.54) is 12.1 Å². The van der Waals surface area contributed by atoms with Gasteiger partial charge in [-0.05, 0) is 10.8 Å². The number of nitrogens with zero attached hydrogens (tertiary/aromatic N) is 1. The number of carbonyl (C=O) groups is 3. The summed E-state index contributed by atoms with van der Waals surface area (Å²) in [6, 6.07) is 20.7. The van der Waals surface area contributed by atoms with Gasteiger partial charge in [0.1, 0.15) is 11.6 Å². The fourth-order valence-electron chi connectivity index (χ4n) is 4.16. The summed E-state index contributed by atoms with van der Waals surface area (Å²) in [6.45, 7) is 0. The molecule has 6 nitrogen and oxygen atoms in total. The summed E-state index contributed by atoms with van der Waals surface area (Å²) < 4.78 is 5.43. The van der Waals surface area contributed by atoms with Crippen LogP contribution in [0.4, 0.5) is 0 Å². The first-order valence-corrected chi connectivity index (χ1v) is 9.55. The normalized spacial score (nSPS) is 17.7. The van der Waals surface area contributed by atoms with E-state index in [4.69, 9.17) is 10.5 Å². The number of rotatable bonds is 2. The number of allylic oxidation sites excluding steroid dienone is 3. The van der Waals surface area contributed by atoms with Crippen molar-refractivity contribution in [2.24, 2.45) is 11.7 Å². The molecule has 148 valence electrons. The maximum Gasteiger partial charge on any atom is 0.229 e. The smallest absolute Gasteiger partial charge is 0.229 e. The van der Waals surface area contributed by atoms with Crippen LogP contribution < -0.4 is 5.73 Å². The van der Waals surface area contributed by atoms with Gasteiger partial charge in [-0.25, -0.2) is 0 Å². The first-order valence-electron chi connectivity index (χ1n) is 9.55. The predicted molar refractivity (Wildman–Crippen MR) is 112 cm³/mol. The van der Waals surface area contributed by atoms with Crippen LogP contribution in [0.25, 0.3) is 10.8 Å². The number of ether oxygens (including phenoxy) is 1. The van der Waals surface area contributed by atoms with Crippen molar-refractivity contribution in [1.29, 1.82) is 5.26 Å². The van der Waals surface area contributed by atoms with Gasteiger partial charge in [0.2, 0.25) is 11.7 Å². The minimum Gasteiger partial charge on any atom is -0.436 e. The summed E-state index contributed by atoms with van der Waals surface area (Å²) in [7, 11) is 0. The standard InChI is InChI=1S/C25H14N2O4/c26-12-18-19(21(28)15-11-5-7-13-6-1-2-8-14(13)15)20-22(29)16-9-3-4-10-17(16)23(30)24(20)31-25(18)27/h1-11,19H,27H2. The quantitative estimate of drug-likeness (QED) is 0.650. The van der Waals surface area contributed by atoms with Gasteiger partial charge < -0.3 is 10.5 Å². The lowest BCUT2D eigenvalue weighted by Crippen LogP contribution is -2.36. The molecule has 0 bridgehead atoms. The minimum atomic E-state index is -1.33. The maximum atomic E-state index is 13.8. The van der Waals surface area contributed by atoms with Crippen molar-refractivity contribution in [2.75, 3.05) is 0 Å². The Morgan fingerprint density at radius 3 is 2.29 bits per heavy atom. The van der Waals surface area contributed by atoms with E-state index in [0.717, 1.165) is 5.39 Å². The number of nitriles is 1. The first kappa shape index (κ1) is 18.5. The van der Waals surface area contributed by atoms with Crippen LogP contribution >= 0.6 is 0 Å². The molecule has 6 heteroatoms. The van der Waals surface area contributed by atoms with Crippen LogP contribution in [-0.4, -0.2) is 17.3 Å². The van der Waals surface area contributed by atoms with E-state index in [-0.39, 0.29) is 33.9 Å². The molecule has 31 heavy (non-hydrogen) atoms. The number of Topliss-reactive ketones (excluding diaryl/α,β-unsaturated/α-hetero) is 3. The van der Waals surface area contributed by atoms with Crippen molar-refractivity contribution >= 4 is 28.1 Å². The van der Waals surface area contributed by atoms with Crippen LogP contribution in [0.15, 0.2) is 89.5 Å². The Labute approximate surface area is 176 Å². The molecule has 0 saturated heterocycles. The van der Waals surface area contributed by atoms with E-state index < -0.39 is 23.3 Å². The van der Waals surface area contributed by atoms with E-state index in [9.17, 15) is 19.6 Å². The molecule has 0 saturated carbocycles. The monoisotopic (exact) mass is 406 g/mol. The predicted octanol–water partition coefficient (Wildman–Crippen LogP) is 3.70. The molecule has 0 fully saturated rings. The maximum absolute atomic E-state index is 13.8. The molecule has 1 atom stereocenters. The van der Waals surface area contributed by atoms with E-state index >= 15 is 0 Å². The highest BCUT2D eigenvalue weighted by atomic mass is 16.5. The molecule has 1 aliphatic heterocycles. The number of ketones is 3. The van der Waals surface area contributed by atoms with Gasteiger partial charge >= 0.3 is 0 Å². The zero-order valence-corrected chi connectivity index (χ0v) is 16.1. The second kappa shape index (κ2) is 6.78. The Morgan fingerprint density at radius 1 is 0.903 bits per heavy atom. The summed E-state index contributed by atoms with van der Waals surface area (Å²) >= 11 is 0. The second-order valence-electron chi connectivity index (χ2n) is 7.26. The van der Waals surface area contributed by atoms with Crippen LogP contribution in [0, 0.1) is 17.2 Å². The van der Waals surface area contributed by atoms with Gasteiger partial charge in [-0.15, -0.1) is 0 Å². The van der Waals surface area contributed by atoms with Crippen molar-refractivity contribution < 1.29 is 19.1 Å². The highest BCUT2D eigenvalue weighted by molar-refractivity contribution is 6.29. The van der Waals surface area contributed by atoms with Gasteiger partial charge in [-0.3, -0.25) is 14.4 Å². The Balaban J connectivity index is 1.75. The first-order chi connectivity index (χ1) is 15.0. The molecule has 0 aromatic heterocycles. The summed E-state index contributed by atoms with van der Waals surface area (Å²) in [5, 5.41) is 11.2. The fourth-order valence-corrected chi connectivity index (χ4v) is 4.16. The van der Waals surface area contributed by atoms with Gasteiger partial charge in [0, 0.05) is 16.7 Å². The van der Waals surface area contributed by atoms with Crippen LogP contribution in [0.2, 0.25) is 0 Å². The summed E-state index contributed by atoms with van der Waals surface area (Å²) in [5.74, 6) is -3.53. The SMILES string of the molecule is N#CC1=C(N)OC2=C(C(=O)c3ccccc3C2=O)C1C(=O)c1cccc2ccccc12. The molecule has 5 rings (SSSR count). The van der Waals surface area contributed by atoms with E-state index in [0.29, 0.717) is 10.9 Å². The molecular formula is C25H14N2O4. The zero-order valence-electron chi connectivity index (χ0n) is 16.1. The Morgan fingerprint density at radius 2 is 1.55 bits per heavy atom. The largest absolute Gasteiger partial charge is 0.436 e. The van der Waals surface area contributed by atoms with E-state index in [2.05, 4.69) is 0 Å². The van der Waals surface area contributed by atoms with Crippen LogP contribution in [-0.2, 0) is 4.74 Å². The number of hydrogen-bond donors (Lipinski definition) is 1. The van der Waals surface area contributed by atoms with Crippen molar-refractivity contribution in [2.45, 2.75) is 0 Å². The molecule has 1 unspecified atom stereocenters. The van der Waals surface area contributed by atoms with Gasteiger partial charge in [-0.1, -0.05) is 66.7 Å². The zero-order chi connectivity index (χ0) is 21.7. The van der Waals surface area contributed by atoms with Gasteiger partial charge in [0.15, 0.2) is 17.3 Å². The van der Waals surface area contributed by atoms with Gasteiger partial charge in [0.25, 0.3) is 0 Å². The molecule has 0 spiro atoms. The molecular weight excluding hydrogens is 392 g/mol. The summed E-state index contributed by atoms with van der Waals surface area (Å²) in [6.07, 6.45) is 0. The molecule has 3 aromatic carbocycles. The third-order valence-corrected chi connectivity index (χ3v) is 5.60. The Kier molecular flexibility index (Phi) is 4.05. The molecule has 0 radical (unpaired) electrons. The van der Waals surface area contributed by atoms with Crippen LogP contribution in [0.3, 0.4) is 0 Å². The third-order valence-electron chi connectivity index (χ3n) is 5.60.